The smallest absolute Gasteiger partial charge is 0.271 e. The molecule has 0 aliphatic carbocycles. The molecule has 0 fully saturated rings. The van der Waals surface area contributed by atoms with Gasteiger partial charge in [-0.05, 0) is 29.9 Å². The highest BCUT2D eigenvalue weighted by Crippen LogP contribution is 2.18. The van der Waals surface area contributed by atoms with Gasteiger partial charge in [-0.25, -0.2) is 23.5 Å². The van der Waals surface area contributed by atoms with Crippen molar-refractivity contribution in [1.29, 1.82) is 0 Å². The summed E-state index contributed by atoms with van der Waals surface area (Å²) >= 11 is 7.40. The summed E-state index contributed by atoms with van der Waals surface area (Å²) in [5.74, 6) is 0.406. The molecular weight excluding hydrogens is 384 g/mol. The number of rotatable bonds is 7. The second-order valence-corrected chi connectivity index (χ2v) is 8.18. The first-order valence-electron chi connectivity index (χ1n) is 7.36. The van der Waals surface area contributed by atoms with Crippen molar-refractivity contribution in [2.45, 2.75) is 23.4 Å². The number of thioether (sulfide) groups is 1. The number of hydrogen-bond acceptors (Lipinski definition) is 6. The van der Waals surface area contributed by atoms with Gasteiger partial charge in [0.05, 0.1) is 16.1 Å². The van der Waals surface area contributed by atoms with Crippen LogP contribution in [0.1, 0.15) is 23.0 Å². The number of aromatic nitrogens is 2. The van der Waals surface area contributed by atoms with E-state index in [2.05, 4.69) is 15.3 Å². The number of nitrogens with one attached hydrogen (secondary N) is 1. The van der Waals surface area contributed by atoms with Crippen molar-refractivity contribution in [1.82, 2.24) is 15.3 Å². The molecule has 0 bridgehead atoms. The third-order valence-corrected chi connectivity index (χ3v) is 5.11. The van der Waals surface area contributed by atoms with Crippen LogP contribution in [-0.2, 0) is 16.4 Å². The van der Waals surface area contributed by atoms with E-state index >= 15 is 0 Å². The molecule has 1 aromatic carbocycles. The fraction of sp³-hybridized carbons (Fsp3) is 0.267. The maximum Gasteiger partial charge on any atom is 0.271 e. The number of carbonyl (C=O) groups is 1. The standard InChI is InChI=1S/C15H17ClN4O3S2/c1-2-24-15-19-9-12(16)13(20-15)14(21)18-8-7-10-3-5-11(6-4-10)25(17,22)23/h3-6,9H,2,7-8H2,1H3,(H,18,21)(H2,17,22,23). The van der Waals surface area contributed by atoms with Gasteiger partial charge in [-0.3, -0.25) is 4.79 Å². The first kappa shape index (κ1) is 19.6. The zero-order chi connectivity index (χ0) is 18.4. The quantitative estimate of drug-likeness (QED) is 0.541. The molecule has 25 heavy (non-hydrogen) atoms. The molecule has 0 atom stereocenters. The summed E-state index contributed by atoms with van der Waals surface area (Å²) < 4.78 is 22.4. The van der Waals surface area contributed by atoms with Crippen LogP contribution >= 0.6 is 23.4 Å². The van der Waals surface area contributed by atoms with Crippen LogP contribution in [0, 0.1) is 0 Å². The molecule has 2 rings (SSSR count). The minimum absolute atomic E-state index is 0.0500. The summed E-state index contributed by atoms with van der Waals surface area (Å²) in [6.07, 6.45) is 1.93. The first-order valence-corrected chi connectivity index (χ1v) is 10.3. The van der Waals surface area contributed by atoms with Crippen molar-refractivity contribution in [3.05, 3.63) is 46.7 Å². The molecule has 0 aliphatic heterocycles. The number of amides is 1. The molecule has 2 aromatic rings. The van der Waals surface area contributed by atoms with E-state index in [1.54, 1.807) is 12.1 Å². The Morgan fingerprint density at radius 2 is 2.00 bits per heavy atom. The number of sulfonamides is 1. The van der Waals surface area contributed by atoms with Crippen molar-refractivity contribution in [2.24, 2.45) is 5.14 Å². The molecule has 0 unspecified atom stereocenters. The van der Waals surface area contributed by atoms with Gasteiger partial charge in [-0.1, -0.05) is 42.4 Å². The van der Waals surface area contributed by atoms with E-state index in [9.17, 15) is 13.2 Å². The highest BCUT2D eigenvalue weighted by atomic mass is 35.5. The molecule has 1 amide bonds. The number of nitrogens with two attached hydrogens (primary N) is 1. The predicted octanol–water partition coefficient (Wildman–Crippen LogP) is 1.86. The lowest BCUT2D eigenvalue weighted by Gasteiger charge is -2.07. The topological polar surface area (TPSA) is 115 Å². The Balaban J connectivity index is 1.95. The van der Waals surface area contributed by atoms with Crippen molar-refractivity contribution in [2.75, 3.05) is 12.3 Å². The third-order valence-electron chi connectivity index (χ3n) is 3.16. The van der Waals surface area contributed by atoms with Gasteiger partial charge in [-0.15, -0.1) is 0 Å². The Bertz CT molecular complexity index is 858. The van der Waals surface area contributed by atoms with Crippen molar-refractivity contribution in [3.8, 4) is 0 Å². The maximum atomic E-state index is 12.2. The Morgan fingerprint density at radius 1 is 1.32 bits per heavy atom. The fourth-order valence-electron chi connectivity index (χ4n) is 1.96. The van der Waals surface area contributed by atoms with Gasteiger partial charge in [-0.2, -0.15) is 0 Å². The maximum absolute atomic E-state index is 12.2. The second kappa shape index (κ2) is 8.61. The highest BCUT2D eigenvalue weighted by molar-refractivity contribution is 7.99. The Kier molecular flexibility index (Phi) is 6.77. The number of benzene rings is 1. The zero-order valence-corrected chi connectivity index (χ0v) is 15.8. The monoisotopic (exact) mass is 400 g/mol. The highest BCUT2D eigenvalue weighted by Gasteiger charge is 2.14. The van der Waals surface area contributed by atoms with Crippen molar-refractivity contribution >= 4 is 39.3 Å². The summed E-state index contributed by atoms with van der Waals surface area (Å²) in [6.45, 7) is 2.31. The average Bonchev–Trinajstić information content (AvgIpc) is 2.56. The molecule has 10 heteroatoms. The summed E-state index contributed by atoms with van der Waals surface area (Å²) in [6, 6.07) is 6.17. The van der Waals surface area contributed by atoms with Gasteiger partial charge in [0.15, 0.2) is 10.9 Å². The molecule has 0 spiro atoms. The largest absolute Gasteiger partial charge is 0.350 e. The lowest BCUT2D eigenvalue weighted by atomic mass is 10.1. The van der Waals surface area contributed by atoms with Crippen LogP contribution in [-0.4, -0.2) is 36.6 Å². The summed E-state index contributed by atoms with van der Waals surface area (Å²) in [5, 5.41) is 8.47. The Morgan fingerprint density at radius 3 is 2.60 bits per heavy atom. The summed E-state index contributed by atoms with van der Waals surface area (Å²) in [5.41, 5.74) is 1.00. The van der Waals surface area contributed by atoms with E-state index < -0.39 is 10.0 Å². The molecule has 1 heterocycles. The number of halogens is 1. The fourth-order valence-corrected chi connectivity index (χ4v) is 3.19. The van der Waals surface area contributed by atoms with E-state index in [-0.39, 0.29) is 21.5 Å². The van der Waals surface area contributed by atoms with Gasteiger partial charge in [0.2, 0.25) is 10.0 Å². The first-order chi connectivity index (χ1) is 11.8. The Hall–Kier alpha value is -1.68. The van der Waals surface area contributed by atoms with Crippen LogP contribution in [0.5, 0.6) is 0 Å². The van der Waals surface area contributed by atoms with Crippen molar-refractivity contribution < 1.29 is 13.2 Å². The average molecular weight is 401 g/mol. The number of hydrogen-bond donors (Lipinski definition) is 2. The van der Waals surface area contributed by atoms with Crippen LogP contribution in [0.25, 0.3) is 0 Å². The van der Waals surface area contributed by atoms with Gasteiger partial charge < -0.3 is 5.32 Å². The number of carbonyl (C=O) groups excluding carboxylic acids is 1. The molecule has 0 saturated heterocycles. The molecule has 7 nitrogen and oxygen atoms in total. The molecule has 0 aliphatic rings. The van der Waals surface area contributed by atoms with Crippen LogP contribution in [0.15, 0.2) is 40.5 Å². The zero-order valence-electron chi connectivity index (χ0n) is 13.4. The van der Waals surface area contributed by atoms with Crippen LogP contribution in [0.4, 0.5) is 0 Å². The summed E-state index contributed by atoms with van der Waals surface area (Å²) in [7, 11) is -3.70. The van der Waals surface area contributed by atoms with Crippen LogP contribution < -0.4 is 10.5 Å². The van der Waals surface area contributed by atoms with E-state index in [1.807, 2.05) is 6.92 Å². The van der Waals surface area contributed by atoms with E-state index in [1.165, 1.54) is 30.1 Å². The summed E-state index contributed by atoms with van der Waals surface area (Å²) in [4.78, 5) is 20.5. The Labute approximate surface area is 155 Å². The lowest BCUT2D eigenvalue weighted by molar-refractivity contribution is 0.0948. The van der Waals surface area contributed by atoms with Crippen LogP contribution in [0.3, 0.4) is 0 Å². The van der Waals surface area contributed by atoms with Gasteiger partial charge >= 0.3 is 0 Å². The normalized spacial score (nSPS) is 11.3. The van der Waals surface area contributed by atoms with Gasteiger partial charge in [0.1, 0.15) is 0 Å². The molecule has 0 saturated carbocycles. The number of nitrogens with zero attached hydrogens (tertiary/aromatic N) is 2. The SMILES string of the molecule is CCSc1ncc(Cl)c(C(=O)NCCc2ccc(S(N)(=O)=O)cc2)n1. The van der Waals surface area contributed by atoms with Crippen molar-refractivity contribution in [3.63, 3.8) is 0 Å². The molecular formula is C15H17ClN4O3S2. The third kappa shape index (κ3) is 5.67. The van der Waals surface area contributed by atoms with Crippen LogP contribution in [0.2, 0.25) is 5.02 Å². The number of primary sulfonamides is 1. The van der Waals surface area contributed by atoms with E-state index in [4.69, 9.17) is 16.7 Å². The lowest BCUT2D eigenvalue weighted by Crippen LogP contribution is -2.27. The molecule has 3 N–H and O–H groups in total. The van der Waals surface area contributed by atoms with Gasteiger partial charge in [0, 0.05) is 6.54 Å². The minimum atomic E-state index is -3.70. The molecule has 0 radical (unpaired) electrons. The van der Waals surface area contributed by atoms with E-state index in [0.717, 1.165) is 11.3 Å². The molecule has 134 valence electrons. The second-order valence-electron chi connectivity index (χ2n) is 4.98. The molecule has 1 aromatic heterocycles. The predicted molar refractivity (Wildman–Crippen MR) is 97.3 cm³/mol. The van der Waals surface area contributed by atoms with Gasteiger partial charge in [0.25, 0.3) is 5.91 Å². The van der Waals surface area contributed by atoms with E-state index in [0.29, 0.717) is 18.1 Å². The minimum Gasteiger partial charge on any atom is -0.350 e.